The highest BCUT2D eigenvalue weighted by Gasteiger charge is 2.27. The van der Waals surface area contributed by atoms with Crippen LogP contribution in [0, 0.1) is 0 Å². The fourth-order valence-corrected chi connectivity index (χ4v) is 3.52. The highest BCUT2D eigenvalue weighted by Crippen LogP contribution is 2.31. The minimum Gasteiger partial charge on any atom is -0.492 e. The van der Waals surface area contributed by atoms with E-state index in [4.69, 9.17) is 4.74 Å². The second-order valence-electron chi connectivity index (χ2n) is 6.25. The molecular formula is C17H26N2O. The van der Waals surface area contributed by atoms with Gasteiger partial charge >= 0.3 is 0 Å². The van der Waals surface area contributed by atoms with Gasteiger partial charge in [-0.25, -0.2) is 0 Å². The SMILES string of the molecule is CC(C)N1CCCC1COc1cccc2c1CCCN2. The van der Waals surface area contributed by atoms with Crippen molar-refractivity contribution in [3.8, 4) is 5.75 Å². The average molecular weight is 274 g/mol. The molecule has 2 aliphatic rings. The highest BCUT2D eigenvalue weighted by atomic mass is 16.5. The van der Waals surface area contributed by atoms with Crippen LogP contribution in [0.2, 0.25) is 0 Å². The van der Waals surface area contributed by atoms with Gasteiger partial charge in [-0.2, -0.15) is 0 Å². The number of nitrogens with one attached hydrogen (secondary N) is 1. The summed E-state index contributed by atoms with van der Waals surface area (Å²) in [5, 5.41) is 3.47. The number of hydrogen-bond donors (Lipinski definition) is 1. The van der Waals surface area contributed by atoms with Crippen molar-refractivity contribution in [1.29, 1.82) is 0 Å². The summed E-state index contributed by atoms with van der Waals surface area (Å²) in [5.41, 5.74) is 2.63. The zero-order valence-corrected chi connectivity index (χ0v) is 12.7. The van der Waals surface area contributed by atoms with E-state index in [1.807, 2.05) is 0 Å². The number of rotatable bonds is 4. The van der Waals surface area contributed by atoms with E-state index in [-0.39, 0.29) is 0 Å². The molecule has 0 aliphatic carbocycles. The quantitative estimate of drug-likeness (QED) is 0.911. The molecule has 2 aliphatic heterocycles. The molecule has 3 rings (SSSR count). The first-order chi connectivity index (χ1) is 9.75. The second-order valence-corrected chi connectivity index (χ2v) is 6.25. The third-order valence-corrected chi connectivity index (χ3v) is 4.57. The van der Waals surface area contributed by atoms with Gasteiger partial charge in [-0.05, 0) is 58.2 Å². The van der Waals surface area contributed by atoms with E-state index >= 15 is 0 Å². The van der Waals surface area contributed by atoms with E-state index < -0.39 is 0 Å². The lowest BCUT2D eigenvalue weighted by atomic mass is 10.0. The van der Waals surface area contributed by atoms with Crippen molar-refractivity contribution < 1.29 is 4.74 Å². The number of benzene rings is 1. The zero-order valence-electron chi connectivity index (χ0n) is 12.7. The third kappa shape index (κ3) is 2.78. The van der Waals surface area contributed by atoms with E-state index in [1.165, 1.54) is 37.1 Å². The standard InChI is InChI=1S/C17H26N2O/c1-13(2)19-11-5-6-14(19)12-20-17-9-3-8-16-15(17)7-4-10-18-16/h3,8-9,13-14,18H,4-7,10-12H2,1-2H3. The fourth-order valence-electron chi connectivity index (χ4n) is 3.52. The number of ether oxygens (including phenoxy) is 1. The number of nitrogens with zero attached hydrogens (tertiary/aromatic N) is 1. The predicted octanol–water partition coefficient (Wildman–Crippen LogP) is 3.30. The summed E-state index contributed by atoms with van der Waals surface area (Å²) < 4.78 is 6.19. The number of likely N-dealkylation sites (tertiary alicyclic amines) is 1. The van der Waals surface area contributed by atoms with Gasteiger partial charge in [-0.1, -0.05) is 6.07 Å². The molecule has 0 spiro atoms. The van der Waals surface area contributed by atoms with E-state index in [9.17, 15) is 0 Å². The lowest BCUT2D eigenvalue weighted by Gasteiger charge is -2.29. The van der Waals surface area contributed by atoms with Crippen molar-refractivity contribution in [1.82, 2.24) is 4.90 Å². The maximum Gasteiger partial charge on any atom is 0.124 e. The van der Waals surface area contributed by atoms with Crippen molar-refractivity contribution in [2.75, 3.05) is 25.0 Å². The monoisotopic (exact) mass is 274 g/mol. The maximum absolute atomic E-state index is 6.19. The van der Waals surface area contributed by atoms with Crippen LogP contribution in [0.15, 0.2) is 18.2 Å². The molecule has 0 radical (unpaired) electrons. The zero-order chi connectivity index (χ0) is 13.9. The fraction of sp³-hybridized carbons (Fsp3) is 0.647. The molecule has 0 amide bonds. The Morgan fingerprint density at radius 1 is 1.35 bits per heavy atom. The van der Waals surface area contributed by atoms with Crippen LogP contribution >= 0.6 is 0 Å². The molecule has 20 heavy (non-hydrogen) atoms. The normalized spacial score (nSPS) is 22.6. The second kappa shape index (κ2) is 6.04. The van der Waals surface area contributed by atoms with Crippen molar-refractivity contribution in [3.63, 3.8) is 0 Å². The molecule has 0 saturated carbocycles. The third-order valence-electron chi connectivity index (χ3n) is 4.57. The van der Waals surface area contributed by atoms with Gasteiger partial charge in [0.15, 0.2) is 0 Å². The van der Waals surface area contributed by atoms with E-state index in [0.29, 0.717) is 12.1 Å². The van der Waals surface area contributed by atoms with Gasteiger partial charge in [0.05, 0.1) is 0 Å². The molecule has 1 aromatic carbocycles. The number of anilines is 1. The first-order valence-electron chi connectivity index (χ1n) is 8.00. The average Bonchev–Trinajstić information content (AvgIpc) is 2.93. The van der Waals surface area contributed by atoms with E-state index in [1.54, 1.807) is 0 Å². The molecule has 1 unspecified atom stereocenters. The summed E-state index contributed by atoms with van der Waals surface area (Å²) in [5.74, 6) is 1.09. The Bertz CT molecular complexity index is 458. The van der Waals surface area contributed by atoms with E-state index in [0.717, 1.165) is 25.3 Å². The summed E-state index contributed by atoms with van der Waals surface area (Å²) in [6.07, 6.45) is 4.91. The molecular weight excluding hydrogens is 248 g/mol. The van der Waals surface area contributed by atoms with Crippen LogP contribution in [0.1, 0.15) is 38.7 Å². The Kier molecular flexibility index (Phi) is 4.16. The topological polar surface area (TPSA) is 24.5 Å². The van der Waals surface area contributed by atoms with Gasteiger partial charge < -0.3 is 10.1 Å². The van der Waals surface area contributed by atoms with Gasteiger partial charge in [-0.15, -0.1) is 0 Å². The Morgan fingerprint density at radius 2 is 2.25 bits per heavy atom. The van der Waals surface area contributed by atoms with Crippen molar-refractivity contribution in [3.05, 3.63) is 23.8 Å². The van der Waals surface area contributed by atoms with Crippen molar-refractivity contribution >= 4 is 5.69 Å². The maximum atomic E-state index is 6.19. The van der Waals surface area contributed by atoms with Crippen LogP contribution < -0.4 is 10.1 Å². The van der Waals surface area contributed by atoms with Gasteiger partial charge in [0.2, 0.25) is 0 Å². The summed E-state index contributed by atoms with van der Waals surface area (Å²) in [4.78, 5) is 2.58. The van der Waals surface area contributed by atoms with Gasteiger partial charge in [0, 0.05) is 29.9 Å². The molecule has 1 atom stereocenters. The van der Waals surface area contributed by atoms with Crippen molar-refractivity contribution in [2.24, 2.45) is 0 Å². The number of fused-ring (bicyclic) bond motifs is 1. The molecule has 3 nitrogen and oxygen atoms in total. The molecule has 0 bridgehead atoms. The van der Waals surface area contributed by atoms with Gasteiger partial charge in [0.25, 0.3) is 0 Å². The lowest BCUT2D eigenvalue weighted by molar-refractivity contribution is 0.143. The van der Waals surface area contributed by atoms with Crippen LogP contribution in [0.3, 0.4) is 0 Å². The van der Waals surface area contributed by atoms with Crippen LogP contribution in [0.25, 0.3) is 0 Å². The largest absolute Gasteiger partial charge is 0.492 e. The number of hydrogen-bond acceptors (Lipinski definition) is 3. The minimum atomic E-state index is 0.586. The molecule has 1 N–H and O–H groups in total. The smallest absolute Gasteiger partial charge is 0.124 e. The van der Waals surface area contributed by atoms with Gasteiger partial charge in [0.1, 0.15) is 12.4 Å². The Hall–Kier alpha value is -1.22. The molecule has 1 fully saturated rings. The molecule has 2 heterocycles. The molecule has 1 aromatic rings. The first-order valence-corrected chi connectivity index (χ1v) is 8.00. The molecule has 3 heteroatoms. The highest BCUT2D eigenvalue weighted by molar-refractivity contribution is 5.59. The minimum absolute atomic E-state index is 0.586. The van der Waals surface area contributed by atoms with Crippen LogP contribution in [-0.4, -0.2) is 36.7 Å². The van der Waals surface area contributed by atoms with Crippen molar-refractivity contribution in [2.45, 2.75) is 51.6 Å². The Balaban J connectivity index is 1.67. The predicted molar refractivity (Wildman–Crippen MR) is 83.6 cm³/mol. The summed E-state index contributed by atoms with van der Waals surface area (Å²) >= 11 is 0. The molecule has 1 saturated heterocycles. The van der Waals surface area contributed by atoms with Crippen LogP contribution in [-0.2, 0) is 6.42 Å². The Labute approximate surface area is 122 Å². The first kappa shape index (κ1) is 13.7. The molecule has 110 valence electrons. The molecule has 0 aromatic heterocycles. The summed E-state index contributed by atoms with van der Waals surface area (Å²) in [6, 6.07) is 7.60. The van der Waals surface area contributed by atoms with Gasteiger partial charge in [-0.3, -0.25) is 4.90 Å². The lowest BCUT2D eigenvalue weighted by Crippen LogP contribution is -2.39. The summed E-state index contributed by atoms with van der Waals surface area (Å²) in [6.45, 7) is 7.70. The van der Waals surface area contributed by atoms with Crippen LogP contribution in [0.5, 0.6) is 5.75 Å². The Morgan fingerprint density at radius 3 is 3.10 bits per heavy atom. The van der Waals surface area contributed by atoms with E-state index in [2.05, 4.69) is 42.3 Å². The van der Waals surface area contributed by atoms with Crippen LogP contribution in [0.4, 0.5) is 5.69 Å². The summed E-state index contributed by atoms with van der Waals surface area (Å²) in [7, 11) is 0.